The normalized spacial score (nSPS) is 17.3. The number of aromatic nitrogens is 5. The summed E-state index contributed by atoms with van der Waals surface area (Å²) in [4.78, 5) is 16.8. The Hall–Kier alpha value is -2.17. The zero-order valence-electron chi connectivity index (χ0n) is 14.1. The Morgan fingerprint density at radius 1 is 1.27 bits per heavy atom. The van der Waals surface area contributed by atoms with Crippen molar-refractivity contribution in [3.05, 3.63) is 47.3 Å². The Kier molecular flexibility index (Phi) is 4.55. The van der Waals surface area contributed by atoms with E-state index >= 15 is 0 Å². The van der Waals surface area contributed by atoms with Crippen LogP contribution in [0.2, 0.25) is 0 Å². The van der Waals surface area contributed by atoms with Crippen LogP contribution < -0.4 is 0 Å². The van der Waals surface area contributed by atoms with E-state index in [-0.39, 0.29) is 17.0 Å². The van der Waals surface area contributed by atoms with E-state index in [0.717, 1.165) is 22.8 Å². The number of rotatable bonds is 3. The van der Waals surface area contributed by atoms with Gasteiger partial charge in [0.15, 0.2) is 16.7 Å². The first kappa shape index (κ1) is 17.3. The summed E-state index contributed by atoms with van der Waals surface area (Å²) in [5.74, 6) is 1.86. The van der Waals surface area contributed by atoms with Crippen molar-refractivity contribution in [1.82, 2.24) is 28.4 Å². The molecule has 0 spiro atoms. The van der Waals surface area contributed by atoms with Gasteiger partial charge in [-0.25, -0.2) is 13.7 Å². The van der Waals surface area contributed by atoms with E-state index in [1.807, 2.05) is 22.7 Å². The van der Waals surface area contributed by atoms with Gasteiger partial charge in [0.05, 0.1) is 6.04 Å². The van der Waals surface area contributed by atoms with Gasteiger partial charge in [-0.05, 0) is 49.6 Å². The van der Waals surface area contributed by atoms with Crippen LogP contribution in [-0.2, 0) is 6.54 Å². The summed E-state index contributed by atoms with van der Waals surface area (Å²) in [6.45, 7) is 5.15. The van der Waals surface area contributed by atoms with Gasteiger partial charge in [-0.1, -0.05) is 0 Å². The van der Waals surface area contributed by atoms with Crippen LogP contribution in [0.3, 0.4) is 0 Å². The van der Waals surface area contributed by atoms with Gasteiger partial charge in [0, 0.05) is 30.6 Å². The summed E-state index contributed by atoms with van der Waals surface area (Å²) >= 11 is 2.43. The third-order valence-corrected chi connectivity index (χ3v) is 6.07. The summed E-state index contributed by atoms with van der Waals surface area (Å²) in [7, 11) is 0. The molecule has 7 nitrogen and oxygen atoms in total. The van der Waals surface area contributed by atoms with Crippen molar-refractivity contribution in [3.63, 3.8) is 0 Å². The first-order valence-corrected chi connectivity index (χ1v) is 9.56. The van der Waals surface area contributed by atoms with Crippen molar-refractivity contribution in [1.29, 1.82) is 0 Å². The molecule has 2 aromatic heterocycles. The van der Waals surface area contributed by atoms with Crippen LogP contribution in [0.25, 0.3) is 10.8 Å². The number of carbonyl (C=O) groups is 1. The van der Waals surface area contributed by atoms with E-state index in [2.05, 4.69) is 19.6 Å². The molecule has 0 amide bonds. The zero-order chi connectivity index (χ0) is 18.3. The average molecular weight is 390 g/mol. The van der Waals surface area contributed by atoms with Gasteiger partial charge in [0.1, 0.15) is 11.6 Å². The third kappa shape index (κ3) is 3.15. The van der Waals surface area contributed by atoms with Crippen LogP contribution in [0.4, 0.5) is 4.39 Å². The minimum absolute atomic E-state index is 0.0894. The molecule has 0 fully saturated rings. The molecule has 134 valence electrons. The number of halogens is 1. The summed E-state index contributed by atoms with van der Waals surface area (Å²) in [5.41, 5.74) is 0.473. The minimum Gasteiger partial charge on any atom is -0.306 e. The predicted molar refractivity (Wildman–Crippen MR) is 97.1 cm³/mol. The molecular formula is C16H15FN6OS2. The lowest BCUT2D eigenvalue weighted by Crippen LogP contribution is -2.33. The molecule has 1 aliphatic heterocycles. The van der Waals surface area contributed by atoms with E-state index in [9.17, 15) is 9.18 Å². The maximum atomic E-state index is 13.0. The number of benzene rings is 1. The number of hydrogen-bond donors (Lipinski definition) is 0. The SMILES string of the molecule is Cc1nsc(-c2nnc3n2CCN(SC(=O)c2ccc(F)cc2)[C@@H]3C)n1. The fraction of sp³-hybridized carbons (Fsp3) is 0.312. The fourth-order valence-electron chi connectivity index (χ4n) is 2.78. The molecule has 0 N–H and O–H groups in total. The van der Waals surface area contributed by atoms with Crippen LogP contribution in [0.15, 0.2) is 24.3 Å². The molecule has 26 heavy (non-hydrogen) atoms. The van der Waals surface area contributed by atoms with Crippen LogP contribution in [-0.4, -0.2) is 40.1 Å². The van der Waals surface area contributed by atoms with E-state index in [4.69, 9.17) is 0 Å². The van der Waals surface area contributed by atoms with E-state index in [1.54, 1.807) is 0 Å². The third-order valence-electron chi connectivity index (χ3n) is 4.13. The quantitative estimate of drug-likeness (QED) is 0.636. The average Bonchev–Trinajstić information content (AvgIpc) is 3.24. The van der Waals surface area contributed by atoms with Gasteiger partial charge in [0.25, 0.3) is 0 Å². The molecule has 4 rings (SSSR count). The molecule has 1 atom stereocenters. The second-order valence-corrected chi connectivity index (χ2v) is 7.66. The van der Waals surface area contributed by atoms with Crippen LogP contribution in [0.5, 0.6) is 0 Å². The van der Waals surface area contributed by atoms with Gasteiger partial charge in [0.2, 0.25) is 5.12 Å². The van der Waals surface area contributed by atoms with Crippen molar-refractivity contribution in [2.75, 3.05) is 6.54 Å². The molecule has 0 saturated carbocycles. The lowest BCUT2D eigenvalue weighted by atomic mass is 10.2. The van der Waals surface area contributed by atoms with Crippen molar-refractivity contribution in [2.45, 2.75) is 26.4 Å². The van der Waals surface area contributed by atoms with E-state index in [0.29, 0.717) is 30.3 Å². The maximum absolute atomic E-state index is 13.0. The number of hydrogen-bond acceptors (Lipinski definition) is 8. The number of carbonyl (C=O) groups excluding carboxylic acids is 1. The molecule has 1 aromatic carbocycles. The largest absolute Gasteiger partial charge is 0.306 e. The molecule has 10 heteroatoms. The van der Waals surface area contributed by atoms with Crippen LogP contribution in [0.1, 0.15) is 35.0 Å². The molecule has 0 saturated heterocycles. The smallest absolute Gasteiger partial charge is 0.234 e. The summed E-state index contributed by atoms with van der Waals surface area (Å²) < 4.78 is 21.2. The highest BCUT2D eigenvalue weighted by molar-refractivity contribution is 8.12. The van der Waals surface area contributed by atoms with Gasteiger partial charge < -0.3 is 4.57 Å². The Bertz CT molecular complexity index is 954. The van der Waals surface area contributed by atoms with E-state index < -0.39 is 0 Å². The summed E-state index contributed by atoms with van der Waals surface area (Å²) in [6, 6.07) is 5.49. The molecule has 0 aliphatic carbocycles. The minimum atomic E-state index is -0.356. The van der Waals surface area contributed by atoms with Crippen molar-refractivity contribution >= 4 is 28.6 Å². The second kappa shape index (κ2) is 6.86. The molecular weight excluding hydrogens is 375 g/mol. The molecule has 3 aromatic rings. The second-order valence-electron chi connectivity index (χ2n) is 5.88. The molecule has 0 unspecified atom stereocenters. The van der Waals surface area contributed by atoms with Gasteiger partial charge in [-0.2, -0.15) is 4.37 Å². The van der Waals surface area contributed by atoms with E-state index in [1.165, 1.54) is 35.8 Å². The highest BCUT2D eigenvalue weighted by atomic mass is 32.2. The number of fused-ring (bicyclic) bond motifs is 1. The Balaban J connectivity index is 1.53. The first-order chi connectivity index (χ1) is 12.5. The topological polar surface area (TPSA) is 76.8 Å². The Morgan fingerprint density at radius 2 is 2.04 bits per heavy atom. The first-order valence-electron chi connectivity index (χ1n) is 8.01. The summed E-state index contributed by atoms with van der Waals surface area (Å²) in [5, 5.41) is 9.20. The van der Waals surface area contributed by atoms with Crippen LogP contribution >= 0.6 is 23.5 Å². The number of nitrogens with zero attached hydrogens (tertiary/aromatic N) is 6. The highest BCUT2D eigenvalue weighted by Gasteiger charge is 2.31. The lowest BCUT2D eigenvalue weighted by Gasteiger charge is -2.31. The summed E-state index contributed by atoms with van der Waals surface area (Å²) in [6.07, 6.45) is 0. The lowest BCUT2D eigenvalue weighted by molar-refractivity contribution is 0.108. The molecule has 3 heterocycles. The van der Waals surface area contributed by atoms with Crippen LogP contribution in [0, 0.1) is 12.7 Å². The Morgan fingerprint density at radius 3 is 2.73 bits per heavy atom. The zero-order valence-corrected chi connectivity index (χ0v) is 15.7. The molecule has 1 aliphatic rings. The standard InChI is InChI=1S/C16H15FN6OS2/c1-9-13-19-20-14(15-18-10(2)21-25-15)22(13)7-8-23(9)26-16(24)11-3-5-12(17)6-4-11/h3-6,9H,7-8H2,1-2H3/t9-/m1/s1. The molecule has 0 bridgehead atoms. The molecule has 0 radical (unpaired) electrons. The van der Waals surface area contributed by atoms with Gasteiger partial charge in [-0.15, -0.1) is 10.2 Å². The highest BCUT2D eigenvalue weighted by Crippen LogP contribution is 2.34. The van der Waals surface area contributed by atoms with Gasteiger partial charge in [-0.3, -0.25) is 4.79 Å². The fourth-order valence-corrected chi connectivity index (χ4v) is 4.33. The van der Waals surface area contributed by atoms with Gasteiger partial charge >= 0.3 is 0 Å². The predicted octanol–water partition coefficient (Wildman–Crippen LogP) is 3.11. The monoisotopic (exact) mass is 390 g/mol. The van der Waals surface area contributed by atoms with Crippen molar-refractivity contribution < 1.29 is 9.18 Å². The Labute approximate surface area is 157 Å². The number of aryl methyl sites for hydroxylation is 1. The maximum Gasteiger partial charge on any atom is 0.234 e. The van der Waals surface area contributed by atoms with Crippen molar-refractivity contribution in [2.24, 2.45) is 0 Å². The van der Waals surface area contributed by atoms with Crippen molar-refractivity contribution in [3.8, 4) is 10.8 Å².